The molecule has 0 saturated carbocycles. The van der Waals surface area contributed by atoms with Gasteiger partial charge in [-0.25, -0.2) is 0 Å². The van der Waals surface area contributed by atoms with Crippen molar-refractivity contribution in [2.45, 2.75) is 66.4 Å². The monoisotopic (exact) mass is 525 g/mol. The smallest absolute Gasteiger partial charge is 0.320 e. The van der Waals surface area contributed by atoms with Crippen LogP contribution in [0.25, 0.3) is 0 Å². The van der Waals surface area contributed by atoms with E-state index in [0.717, 1.165) is 0 Å². The zero-order chi connectivity index (χ0) is 26.5. The molecule has 34 heavy (non-hydrogen) atoms. The van der Waals surface area contributed by atoms with E-state index in [4.69, 9.17) is 14.0 Å². The van der Waals surface area contributed by atoms with Gasteiger partial charge in [0.05, 0.1) is 38.2 Å². The summed E-state index contributed by atoms with van der Waals surface area (Å²) in [7, 11) is 1.64. The highest BCUT2D eigenvalue weighted by Crippen LogP contribution is 2.47. The molecule has 0 aromatic carbocycles. The molecular formula is C21H40N3O8PS. The zero-order valence-corrected chi connectivity index (χ0v) is 23.1. The molecule has 11 nitrogen and oxygen atoms in total. The van der Waals surface area contributed by atoms with Gasteiger partial charge in [-0.2, -0.15) is 0 Å². The molecule has 0 aromatic heterocycles. The maximum atomic E-state index is 11.8. The van der Waals surface area contributed by atoms with Gasteiger partial charge >= 0.3 is 11.9 Å². The first-order chi connectivity index (χ1) is 16.1. The number of carbonyl (C=O) groups excluding carboxylic acids is 4. The molecule has 2 amide bonds. The number of nitrogens with zero attached hydrogens (tertiary/aromatic N) is 1. The van der Waals surface area contributed by atoms with Crippen molar-refractivity contribution in [1.82, 2.24) is 15.3 Å². The number of nitrogens with one attached hydrogen (secondary N) is 2. The molecule has 3 unspecified atom stereocenters. The Hall–Kier alpha value is -1.72. The Morgan fingerprint density at radius 3 is 2.32 bits per heavy atom. The van der Waals surface area contributed by atoms with E-state index in [1.54, 1.807) is 32.7 Å². The van der Waals surface area contributed by atoms with Crippen molar-refractivity contribution < 1.29 is 37.9 Å². The summed E-state index contributed by atoms with van der Waals surface area (Å²) in [5, 5.41) is 4.99. The minimum atomic E-state index is -1.38. The fraction of sp³-hybridized carbons (Fsp3) is 0.714. The Morgan fingerprint density at radius 1 is 1.15 bits per heavy atom. The van der Waals surface area contributed by atoms with E-state index in [-0.39, 0.29) is 37.3 Å². The fourth-order valence-electron chi connectivity index (χ4n) is 1.92. The quantitative estimate of drug-likeness (QED) is 0.0954. The maximum Gasteiger partial charge on any atom is 0.320 e. The summed E-state index contributed by atoms with van der Waals surface area (Å²) in [6.45, 7) is 11.4. The van der Waals surface area contributed by atoms with E-state index < -0.39 is 25.3 Å². The molecular weight excluding hydrogens is 485 g/mol. The summed E-state index contributed by atoms with van der Waals surface area (Å²) >= 11 is 1.21. The van der Waals surface area contributed by atoms with Crippen LogP contribution < -0.4 is 10.4 Å². The van der Waals surface area contributed by atoms with Crippen LogP contribution in [0.1, 0.15) is 48.0 Å². The predicted octanol–water partition coefficient (Wildman–Crippen LogP) is 2.56. The highest BCUT2D eigenvalue weighted by molar-refractivity contribution is 8.53. The van der Waals surface area contributed by atoms with Crippen LogP contribution >= 0.6 is 18.9 Å². The molecule has 0 fully saturated rings. The molecule has 0 aliphatic heterocycles. The molecule has 0 aromatic rings. The Labute approximate surface area is 208 Å². The van der Waals surface area contributed by atoms with Crippen molar-refractivity contribution in [3.63, 3.8) is 0 Å². The summed E-state index contributed by atoms with van der Waals surface area (Å²) in [5.74, 6) is -1.29. The van der Waals surface area contributed by atoms with Gasteiger partial charge in [-0.15, -0.1) is 0 Å². The standard InChI is InChI=1S/C19H34N3O8PS.C2H6/c1-7-16(30-15(4)22(5)9-8-17(24)20-13-23)11-28-31(32-12-19(26)27-6)21-10-18(25)29-14(2)3;1-2/h8-9,13-16,21H,7,10-12H2,1-6H3,(H,20,23,24);1-2H3/b9-8-;. The highest BCUT2D eigenvalue weighted by atomic mass is 32.7. The lowest BCUT2D eigenvalue weighted by Crippen LogP contribution is -2.33. The van der Waals surface area contributed by atoms with Gasteiger partial charge in [0.15, 0.2) is 7.50 Å². The van der Waals surface area contributed by atoms with E-state index >= 15 is 0 Å². The van der Waals surface area contributed by atoms with Crippen molar-refractivity contribution in [1.29, 1.82) is 0 Å². The summed E-state index contributed by atoms with van der Waals surface area (Å²) in [6, 6.07) is 0. The van der Waals surface area contributed by atoms with Crippen LogP contribution in [0.15, 0.2) is 12.3 Å². The summed E-state index contributed by atoms with van der Waals surface area (Å²) in [6.07, 6.45) is 2.78. The van der Waals surface area contributed by atoms with Crippen LogP contribution in [0.3, 0.4) is 0 Å². The number of ether oxygens (including phenoxy) is 3. The third-order valence-electron chi connectivity index (χ3n) is 3.71. The molecule has 0 saturated heterocycles. The van der Waals surface area contributed by atoms with E-state index in [2.05, 4.69) is 9.82 Å². The van der Waals surface area contributed by atoms with Crippen molar-refractivity contribution >= 4 is 43.1 Å². The van der Waals surface area contributed by atoms with Gasteiger partial charge in [0.25, 0.3) is 5.91 Å². The van der Waals surface area contributed by atoms with Crippen LogP contribution in [0.5, 0.6) is 0 Å². The molecule has 198 valence electrons. The first kappa shape index (κ1) is 34.4. The summed E-state index contributed by atoms with van der Waals surface area (Å²) < 4.78 is 21.6. The Bertz CT molecular complexity index is 625. The van der Waals surface area contributed by atoms with Crippen LogP contribution in [-0.2, 0) is 37.9 Å². The number of esters is 2. The van der Waals surface area contributed by atoms with Crippen LogP contribution in [0.2, 0.25) is 0 Å². The molecule has 0 radical (unpaired) electrons. The maximum absolute atomic E-state index is 11.8. The largest absolute Gasteiger partial charge is 0.468 e. The summed E-state index contributed by atoms with van der Waals surface area (Å²) in [5.41, 5.74) is 0. The molecule has 13 heteroatoms. The van der Waals surface area contributed by atoms with Crippen LogP contribution in [0, 0.1) is 0 Å². The second kappa shape index (κ2) is 21.8. The van der Waals surface area contributed by atoms with Gasteiger partial charge in [-0.05, 0) is 27.2 Å². The third kappa shape index (κ3) is 18.7. The van der Waals surface area contributed by atoms with E-state index in [0.29, 0.717) is 12.8 Å². The topological polar surface area (TPSA) is 132 Å². The average molecular weight is 526 g/mol. The van der Waals surface area contributed by atoms with Gasteiger partial charge in [-0.1, -0.05) is 32.2 Å². The minimum Gasteiger partial charge on any atom is -0.468 e. The van der Waals surface area contributed by atoms with Crippen molar-refractivity contribution in [2.24, 2.45) is 0 Å². The van der Waals surface area contributed by atoms with E-state index in [1.807, 2.05) is 26.1 Å². The van der Waals surface area contributed by atoms with E-state index in [1.165, 1.54) is 30.8 Å². The number of rotatable bonds is 17. The van der Waals surface area contributed by atoms with Crippen LogP contribution in [-0.4, -0.2) is 80.7 Å². The number of carbonyl (C=O) groups is 4. The lowest BCUT2D eigenvalue weighted by molar-refractivity contribution is -0.146. The van der Waals surface area contributed by atoms with Gasteiger partial charge in [0.2, 0.25) is 6.41 Å². The molecule has 0 rings (SSSR count). The molecule has 0 heterocycles. The number of hydrogen-bond acceptors (Lipinski definition) is 11. The lowest BCUT2D eigenvalue weighted by atomic mass is 10.3. The number of amides is 2. The van der Waals surface area contributed by atoms with Gasteiger partial charge in [-0.3, -0.25) is 29.6 Å². The SMILES string of the molecule is CC.CCC(COP(NCC(=O)OC(C)C)SCC(=O)OC)OC(C)N(C)/C=C\C(=O)NC=O. The molecule has 0 spiro atoms. The second-order valence-electron chi connectivity index (χ2n) is 6.65. The highest BCUT2D eigenvalue weighted by Gasteiger charge is 2.20. The van der Waals surface area contributed by atoms with Crippen LogP contribution in [0.4, 0.5) is 0 Å². The van der Waals surface area contributed by atoms with Gasteiger partial charge < -0.3 is 23.6 Å². The Morgan fingerprint density at radius 2 is 1.79 bits per heavy atom. The zero-order valence-electron chi connectivity index (χ0n) is 21.4. The average Bonchev–Trinajstić information content (AvgIpc) is 2.81. The van der Waals surface area contributed by atoms with Crippen molar-refractivity contribution in [3.8, 4) is 0 Å². The molecule has 0 aliphatic rings. The Kier molecular flexibility index (Phi) is 22.1. The fourth-order valence-corrected chi connectivity index (χ4v) is 4.62. The lowest BCUT2D eigenvalue weighted by Gasteiger charge is -2.28. The molecule has 0 bridgehead atoms. The second-order valence-corrected chi connectivity index (χ2v) is 10.1. The van der Waals surface area contributed by atoms with Crippen molar-refractivity contribution in [2.75, 3.05) is 33.1 Å². The number of hydrogen-bond donors (Lipinski definition) is 2. The number of methoxy groups -OCH3 is 1. The first-order valence-corrected chi connectivity index (χ1v) is 13.8. The first-order valence-electron chi connectivity index (χ1n) is 11.0. The van der Waals surface area contributed by atoms with Gasteiger partial charge in [0.1, 0.15) is 6.23 Å². The van der Waals surface area contributed by atoms with Crippen molar-refractivity contribution in [3.05, 3.63) is 12.3 Å². The molecule has 2 N–H and O–H groups in total. The number of imide groups is 1. The normalized spacial score (nSPS) is 13.3. The molecule has 3 atom stereocenters. The molecule has 0 aliphatic carbocycles. The predicted molar refractivity (Wildman–Crippen MR) is 134 cm³/mol. The summed E-state index contributed by atoms with van der Waals surface area (Å²) in [4.78, 5) is 46.5. The van der Waals surface area contributed by atoms with Gasteiger partial charge in [0, 0.05) is 19.3 Å². The Balaban J connectivity index is 0. The van der Waals surface area contributed by atoms with E-state index in [9.17, 15) is 19.2 Å². The third-order valence-corrected chi connectivity index (χ3v) is 6.90. The minimum absolute atomic E-state index is 0.0531.